The van der Waals surface area contributed by atoms with Crippen LogP contribution in [0.3, 0.4) is 0 Å². The number of hydrogen-bond donors (Lipinski definition) is 1. The van der Waals surface area contributed by atoms with Crippen molar-refractivity contribution in [3.8, 4) is 0 Å². The number of aromatic nitrogens is 2. The molecule has 5 nitrogen and oxygen atoms in total. The van der Waals surface area contributed by atoms with Gasteiger partial charge in [-0.05, 0) is 30.8 Å². The molecular weight excluding hydrogens is 274 g/mol. The zero-order valence-corrected chi connectivity index (χ0v) is 12.2. The highest BCUT2D eigenvalue weighted by Gasteiger charge is 2.21. The van der Waals surface area contributed by atoms with E-state index in [0.29, 0.717) is 6.54 Å². The standard InChI is InChI=1S/C14H19N3O2S/c18-9-11-3-1-2-5-16(11)6-7-17-10-15-12-4-8-20-13(12)14(17)19/h4,8,10-11,18H,1-3,5-7,9H2/t11-/m0/s1. The minimum absolute atomic E-state index is 0.0440. The molecule has 0 unspecified atom stereocenters. The summed E-state index contributed by atoms with van der Waals surface area (Å²) in [6.07, 6.45) is 5.04. The average Bonchev–Trinajstić information content (AvgIpc) is 2.96. The van der Waals surface area contributed by atoms with Crippen LogP contribution >= 0.6 is 11.3 Å². The lowest BCUT2D eigenvalue weighted by Crippen LogP contribution is -2.44. The van der Waals surface area contributed by atoms with Crippen LogP contribution in [0.4, 0.5) is 0 Å². The molecule has 1 atom stereocenters. The van der Waals surface area contributed by atoms with Crippen LogP contribution in [0, 0.1) is 0 Å². The van der Waals surface area contributed by atoms with E-state index >= 15 is 0 Å². The van der Waals surface area contributed by atoms with E-state index in [2.05, 4.69) is 9.88 Å². The molecular formula is C14H19N3O2S. The lowest BCUT2D eigenvalue weighted by molar-refractivity contribution is 0.0869. The Morgan fingerprint density at radius 1 is 1.40 bits per heavy atom. The normalized spacial score (nSPS) is 20.6. The third kappa shape index (κ3) is 2.63. The third-order valence-electron chi connectivity index (χ3n) is 4.02. The smallest absolute Gasteiger partial charge is 0.271 e. The predicted molar refractivity (Wildman–Crippen MR) is 80.2 cm³/mol. The topological polar surface area (TPSA) is 58.4 Å². The van der Waals surface area contributed by atoms with Gasteiger partial charge < -0.3 is 5.11 Å². The molecule has 2 aromatic rings. The maximum atomic E-state index is 12.3. The van der Waals surface area contributed by atoms with Gasteiger partial charge in [0.15, 0.2) is 0 Å². The Morgan fingerprint density at radius 2 is 2.30 bits per heavy atom. The first-order valence-corrected chi connectivity index (χ1v) is 7.95. The highest BCUT2D eigenvalue weighted by molar-refractivity contribution is 7.17. The molecule has 3 rings (SSSR count). The van der Waals surface area contributed by atoms with Crippen molar-refractivity contribution in [1.29, 1.82) is 0 Å². The van der Waals surface area contributed by atoms with Gasteiger partial charge in [0.05, 0.1) is 18.5 Å². The second kappa shape index (κ2) is 6.03. The molecule has 0 saturated carbocycles. The van der Waals surface area contributed by atoms with Crippen LogP contribution in [0.25, 0.3) is 10.2 Å². The Balaban J connectivity index is 1.73. The number of rotatable bonds is 4. The summed E-state index contributed by atoms with van der Waals surface area (Å²) in [6, 6.07) is 2.12. The first-order chi connectivity index (χ1) is 9.79. The van der Waals surface area contributed by atoms with E-state index in [4.69, 9.17) is 0 Å². The summed E-state index contributed by atoms with van der Waals surface area (Å²) in [4.78, 5) is 18.9. The van der Waals surface area contributed by atoms with Crippen molar-refractivity contribution in [3.05, 3.63) is 28.1 Å². The van der Waals surface area contributed by atoms with Crippen molar-refractivity contribution < 1.29 is 5.11 Å². The second-order valence-electron chi connectivity index (χ2n) is 5.25. The number of fused-ring (bicyclic) bond motifs is 1. The summed E-state index contributed by atoms with van der Waals surface area (Å²) in [5.74, 6) is 0. The molecule has 1 aliphatic heterocycles. The molecule has 20 heavy (non-hydrogen) atoms. The predicted octanol–water partition coefficient (Wildman–Crippen LogP) is 1.30. The Hall–Kier alpha value is -1.24. The van der Waals surface area contributed by atoms with Crippen LogP contribution in [0.1, 0.15) is 19.3 Å². The third-order valence-corrected chi connectivity index (χ3v) is 4.92. The van der Waals surface area contributed by atoms with Crippen molar-refractivity contribution in [2.75, 3.05) is 19.7 Å². The van der Waals surface area contributed by atoms with E-state index in [1.807, 2.05) is 11.4 Å². The monoisotopic (exact) mass is 293 g/mol. The molecule has 0 aliphatic carbocycles. The fraction of sp³-hybridized carbons (Fsp3) is 0.571. The van der Waals surface area contributed by atoms with Gasteiger partial charge >= 0.3 is 0 Å². The number of aliphatic hydroxyl groups excluding tert-OH is 1. The average molecular weight is 293 g/mol. The van der Waals surface area contributed by atoms with Crippen molar-refractivity contribution >= 4 is 21.6 Å². The molecule has 1 N–H and O–H groups in total. The van der Waals surface area contributed by atoms with Gasteiger partial charge in [-0.25, -0.2) is 4.98 Å². The van der Waals surface area contributed by atoms with Crippen LogP contribution < -0.4 is 5.56 Å². The second-order valence-corrected chi connectivity index (χ2v) is 6.16. The van der Waals surface area contributed by atoms with Gasteiger partial charge in [-0.15, -0.1) is 11.3 Å². The Bertz CT molecular complexity index is 637. The molecule has 1 aliphatic rings. The van der Waals surface area contributed by atoms with Gasteiger partial charge in [0.1, 0.15) is 4.70 Å². The number of aliphatic hydroxyl groups is 1. The van der Waals surface area contributed by atoms with E-state index < -0.39 is 0 Å². The summed E-state index contributed by atoms with van der Waals surface area (Å²) in [5.41, 5.74) is 0.824. The van der Waals surface area contributed by atoms with Gasteiger partial charge in [-0.3, -0.25) is 14.3 Å². The molecule has 1 saturated heterocycles. The fourth-order valence-corrected chi connectivity index (χ4v) is 3.63. The van der Waals surface area contributed by atoms with Gasteiger partial charge in [0, 0.05) is 19.1 Å². The first-order valence-electron chi connectivity index (χ1n) is 7.07. The Kier molecular flexibility index (Phi) is 4.14. The zero-order chi connectivity index (χ0) is 13.9. The summed E-state index contributed by atoms with van der Waals surface area (Å²) < 4.78 is 2.41. The van der Waals surface area contributed by atoms with E-state index in [0.717, 1.165) is 29.7 Å². The largest absolute Gasteiger partial charge is 0.395 e. The molecule has 0 bridgehead atoms. The Labute approximate surface area is 121 Å². The summed E-state index contributed by atoms with van der Waals surface area (Å²) in [7, 11) is 0. The van der Waals surface area contributed by atoms with E-state index in [9.17, 15) is 9.90 Å². The molecule has 0 aromatic carbocycles. The minimum Gasteiger partial charge on any atom is -0.395 e. The fourth-order valence-electron chi connectivity index (χ4n) is 2.84. The van der Waals surface area contributed by atoms with Crippen LogP contribution in [-0.4, -0.2) is 45.3 Å². The molecule has 0 radical (unpaired) electrons. The lowest BCUT2D eigenvalue weighted by atomic mass is 10.0. The minimum atomic E-state index is 0.0440. The number of nitrogens with zero attached hydrogens (tertiary/aromatic N) is 3. The van der Waals surface area contributed by atoms with Crippen LogP contribution in [0.15, 0.2) is 22.6 Å². The number of hydrogen-bond acceptors (Lipinski definition) is 5. The number of likely N-dealkylation sites (tertiary alicyclic amines) is 1. The molecule has 2 aromatic heterocycles. The molecule has 0 spiro atoms. The van der Waals surface area contributed by atoms with Gasteiger partial charge in [0.25, 0.3) is 5.56 Å². The zero-order valence-electron chi connectivity index (χ0n) is 11.4. The van der Waals surface area contributed by atoms with Crippen molar-refractivity contribution in [1.82, 2.24) is 14.5 Å². The quantitative estimate of drug-likeness (QED) is 0.923. The number of piperidine rings is 1. The Morgan fingerprint density at radius 3 is 3.15 bits per heavy atom. The maximum Gasteiger partial charge on any atom is 0.271 e. The summed E-state index contributed by atoms with van der Waals surface area (Å²) in [6.45, 7) is 2.64. The molecule has 1 fully saturated rings. The van der Waals surface area contributed by atoms with Gasteiger partial charge in [-0.1, -0.05) is 6.42 Å². The van der Waals surface area contributed by atoms with Gasteiger partial charge in [0.2, 0.25) is 0 Å². The molecule has 108 valence electrons. The van der Waals surface area contributed by atoms with Crippen molar-refractivity contribution in [2.45, 2.75) is 31.8 Å². The molecule has 3 heterocycles. The van der Waals surface area contributed by atoms with Crippen molar-refractivity contribution in [3.63, 3.8) is 0 Å². The lowest BCUT2D eigenvalue weighted by Gasteiger charge is -2.34. The number of thiophene rings is 1. The van der Waals surface area contributed by atoms with Crippen LogP contribution in [-0.2, 0) is 6.54 Å². The molecule has 0 amide bonds. The summed E-state index contributed by atoms with van der Waals surface area (Å²) in [5, 5.41) is 11.3. The van der Waals surface area contributed by atoms with Gasteiger partial charge in [-0.2, -0.15) is 0 Å². The molecule has 6 heteroatoms. The highest BCUT2D eigenvalue weighted by Crippen LogP contribution is 2.16. The van der Waals surface area contributed by atoms with Crippen molar-refractivity contribution in [2.24, 2.45) is 0 Å². The summed E-state index contributed by atoms with van der Waals surface area (Å²) >= 11 is 1.45. The van der Waals surface area contributed by atoms with Crippen LogP contribution in [0.2, 0.25) is 0 Å². The van der Waals surface area contributed by atoms with E-state index in [1.165, 1.54) is 24.2 Å². The van der Waals surface area contributed by atoms with Crippen LogP contribution in [0.5, 0.6) is 0 Å². The highest BCUT2D eigenvalue weighted by atomic mass is 32.1. The van der Waals surface area contributed by atoms with E-state index in [1.54, 1.807) is 10.9 Å². The maximum absolute atomic E-state index is 12.3. The first kappa shape index (κ1) is 13.7. The SMILES string of the molecule is O=c1c2sccc2ncn1CCN1CCCC[C@H]1CO. The van der Waals surface area contributed by atoms with E-state index in [-0.39, 0.29) is 18.2 Å².